The second-order valence-corrected chi connectivity index (χ2v) is 5.97. The Hall–Kier alpha value is -2.96. The standard InChI is InChI=1S/C19H16F3N3O/c1-12(14-7-9-17(23-11-14)19(20,21)22)10-24-18(26)16-8-6-13-4-2-3-5-15(13)25-16/h2-9,11-12H,10H2,1H3,(H,24,26). The lowest BCUT2D eigenvalue weighted by atomic mass is 10.0. The number of nitrogens with one attached hydrogen (secondary N) is 1. The zero-order valence-corrected chi connectivity index (χ0v) is 13.9. The number of rotatable bonds is 4. The Morgan fingerprint density at radius 2 is 1.88 bits per heavy atom. The van der Waals surface area contributed by atoms with Gasteiger partial charge in [-0.3, -0.25) is 9.78 Å². The van der Waals surface area contributed by atoms with Crippen molar-refractivity contribution < 1.29 is 18.0 Å². The number of benzene rings is 1. The highest BCUT2D eigenvalue weighted by molar-refractivity contribution is 5.94. The van der Waals surface area contributed by atoms with Gasteiger partial charge < -0.3 is 5.32 Å². The molecule has 1 unspecified atom stereocenters. The molecule has 1 atom stereocenters. The highest BCUT2D eigenvalue weighted by Crippen LogP contribution is 2.28. The third-order valence-electron chi connectivity index (χ3n) is 4.05. The fraction of sp³-hybridized carbons (Fsp3) is 0.211. The lowest BCUT2D eigenvalue weighted by Gasteiger charge is -2.14. The highest BCUT2D eigenvalue weighted by Gasteiger charge is 2.32. The summed E-state index contributed by atoms with van der Waals surface area (Å²) in [5, 5.41) is 3.69. The van der Waals surface area contributed by atoms with Crippen molar-refractivity contribution in [2.24, 2.45) is 0 Å². The van der Waals surface area contributed by atoms with Crippen molar-refractivity contribution in [2.45, 2.75) is 19.0 Å². The molecule has 1 aromatic carbocycles. The molecule has 4 nitrogen and oxygen atoms in total. The van der Waals surface area contributed by atoms with Crippen LogP contribution in [0, 0.1) is 0 Å². The van der Waals surface area contributed by atoms with Gasteiger partial charge in [0, 0.05) is 18.1 Å². The number of carbonyl (C=O) groups is 1. The molecular formula is C19H16F3N3O. The molecule has 2 heterocycles. The second kappa shape index (κ2) is 7.11. The molecule has 26 heavy (non-hydrogen) atoms. The van der Waals surface area contributed by atoms with Crippen LogP contribution in [0.5, 0.6) is 0 Å². The van der Waals surface area contributed by atoms with Crippen LogP contribution in [0.2, 0.25) is 0 Å². The molecule has 7 heteroatoms. The first kappa shape index (κ1) is 17.8. The van der Waals surface area contributed by atoms with E-state index in [1.165, 1.54) is 12.3 Å². The van der Waals surface area contributed by atoms with Crippen LogP contribution in [0.1, 0.15) is 34.6 Å². The van der Waals surface area contributed by atoms with Gasteiger partial charge in [0.15, 0.2) is 0 Å². The van der Waals surface area contributed by atoms with Gasteiger partial charge in [0.05, 0.1) is 5.52 Å². The summed E-state index contributed by atoms with van der Waals surface area (Å²) in [6, 6.07) is 13.2. The average molecular weight is 359 g/mol. The Morgan fingerprint density at radius 1 is 1.12 bits per heavy atom. The van der Waals surface area contributed by atoms with Crippen molar-refractivity contribution in [1.29, 1.82) is 0 Å². The van der Waals surface area contributed by atoms with Crippen LogP contribution in [0.3, 0.4) is 0 Å². The summed E-state index contributed by atoms with van der Waals surface area (Å²) >= 11 is 0. The summed E-state index contributed by atoms with van der Waals surface area (Å²) in [5.41, 5.74) is 0.698. The molecule has 1 N–H and O–H groups in total. The lowest BCUT2D eigenvalue weighted by Crippen LogP contribution is -2.28. The van der Waals surface area contributed by atoms with Crippen LogP contribution in [0.25, 0.3) is 10.9 Å². The predicted octanol–water partition coefficient (Wildman–Crippen LogP) is 4.18. The maximum Gasteiger partial charge on any atom is 0.433 e. The van der Waals surface area contributed by atoms with Crippen LogP contribution in [-0.2, 0) is 6.18 Å². The Balaban J connectivity index is 1.64. The van der Waals surface area contributed by atoms with Gasteiger partial charge >= 0.3 is 6.18 Å². The van der Waals surface area contributed by atoms with Crippen molar-refractivity contribution in [2.75, 3.05) is 6.54 Å². The number of nitrogens with zero attached hydrogens (tertiary/aromatic N) is 2. The van der Waals surface area contributed by atoms with Gasteiger partial charge in [-0.15, -0.1) is 0 Å². The Morgan fingerprint density at radius 3 is 2.58 bits per heavy atom. The van der Waals surface area contributed by atoms with Crippen LogP contribution < -0.4 is 5.32 Å². The minimum Gasteiger partial charge on any atom is -0.350 e. The SMILES string of the molecule is CC(CNC(=O)c1ccc2ccccc2n1)c1ccc(C(F)(F)F)nc1. The van der Waals surface area contributed by atoms with Gasteiger partial charge in [0.1, 0.15) is 11.4 Å². The number of hydrogen-bond donors (Lipinski definition) is 1. The van der Waals surface area contributed by atoms with Gasteiger partial charge in [0.2, 0.25) is 0 Å². The van der Waals surface area contributed by atoms with E-state index in [4.69, 9.17) is 0 Å². The van der Waals surface area contributed by atoms with Gasteiger partial charge in [0.25, 0.3) is 5.91 Å². The third-order valence-corrected chi connectivity index (χ3v) is 4.05. The number of aromatic nitrogens is 2. The first-order chi connectivity index (χ1) is 12.3. The van der Waals surface area contributed by atoms with Gasteiger partial charge in [-0.2, -0.15) is 13.2 Å². The van der Waals surface area contributed by atoms with Crippen molar-refractivity contribution >= 4 is 16.8 Å². The maximum atomic E-state index is 12.5. The van der Waals surface area contributed by atoms with Crippen molar-refractivity contribution in [3.8, 4) is 0 Å². The number of pyridine rings is 2. The zero-order valence-electron chi connectivity index (χ0n) is 13.9. The predicted molar refractivity (Wildman–Crippen MR) is 91.7 cm³/mol. The van der Waals surface area contributed by atoms with Crippen LogP contribution >= 0.6 is 0 Å². The molecule has 0 saturated heterocycles. The van der Waals surface area contributed by atoms with E-state index in [-0.39, 0.29) is 18.4 Å². The van der Waals surface area contributed by atoms with Gasteiger partial charge in [-0.05, 0) is 29.7 Å². The van der Waals surface area contributed by atoms with E-state index in [0.717, 1.165) is 17.0 Å². The van der Waals surface area contributed by atoms with Crippen molar-refractivity contribution in [3.63, 3.8) is 0 Å². The van der Waals surface area contributed by atoms with E-state index in [2.05, 4.69) is 15.3 Å². The quantitative estimate of drug-likeness (QED) is 0.760. The van der Waals surface area contributed by atoms with Crippen LogP contribution in [0.4, 0.5) is 13.2 Å². The van der Waals surface area contributed by atoms with Crippen molar-refractivity contribution in [3.05, 3.63) is 71.7 Å². The minimum atomic E-state index is -4.46. The fourth-order valence-corrected chi connectivity index (χ4v) is 2.51. The molecule has 0 aliphatic heterocycles. The molecule has 0 radical (unpaired) electrons. The summed E-state index contributed by atoms with van der Waals surface area (Å²) in [4.78, 5) is 20.0. The molecule has 0 aliphatic carbocycles. The van der Waals surface area contributed by atoms with E-state index >= 15 is 0 Å². The lowest BCUT2D eigenvalue weighted by molar-refractivity contribution is -0.141. The van der Waals surface area contributed by atoms with E-state index in [1.54, 1.807) is 13.0 Å². The molecule has 0 aliphatic rings. The smallest absolute Gasteiger partial charge is 0.350 e. The molecule has 2 aromatic heterocycles. The van der Waals surface area contributed by atoms with E-state index < -0.39 is 11.9 Å². The summed E-state index contributed by atoms with van der Waals surface area (Å²) < 4.78 is 37.6. The van der Waals surface area contributed by atoms with E-state index in [1.807, 2.05) is 30.3 Å². The average Bonchev–Trinajstić information content (AvgIpc) is 2.64. The first-order valence-corrected chi connectivity index (χ1v) is 8.02. The highest BCUT2D eigenvalue weighted by atomic mass is 19.4. The summed E-state index contributed by atoms with van der Waals surface area (Å²) in [6.45, 7) is 2.07. The van der Waals surface area contributed by atoms with E-state index in [9.17, 15) is 18.0 Å². The monoisotopic (exact) mass is 359 g/mol. The molecule has 134 valence electrons. The topological polar surface area (TPSA) is 54.9 Å². The number of para-hydroxylation sites is 1. The Bertz CT molecular complexity index is 923. The molecule has 0 bridgehead atoms. The molecule has 1 amide bonds. The summed E-state index contributed by atoms with van der Waals surface area (Å²) in [5.74, 6) is -0.517. The Labute approximate surface area is 148 Å². The largest absolute Gasteiger partial charge is 0.433 e. The molecule has 0 saturated carbocycles. The maximum absolute atomic E-state index is 12.5. The van der Waals surface area contributed by atoms with Crippen LogP contribution in [0.15, 0.2) is 54.7 Å². The number of amides is 1. The van der Waals surface area contributed by atoms with E-state index in [0.29, 0.717) is 11.3 Å². The number of hydrogen-bond acceptors (Lipinski definition) is 3. The zero-order chi connectivity index (χ0) is 18.7. The van der Waals surface area contributed by atoms with Crippen molar-refractivity contribution in [1.82, 2.24) is 15.3 Å². The summed E-state index contributed by atoms with van der Waals surface area (Å²) in [6.07, 6.45) is -3.27. The number of alkyl halides is 3. The number of halogens is 3. The number of carbonyl (C=O) groups excluding carboxylic acids is 1. The third kappa shape index (κ3) is 3.99. The molecule has 3 rings (SSSR count). The molecule has 0 spiro atoms. The van der Waals surface area contributed by atoms with Gasteiger partial charge in [-0.1, -0.05) is 37.3 Å². The normalized spacial score (nSPS) is 12.8. The van der Waals surface area contributed by atoms with Gasteiger partial charge in [-0.25, -0.2) is 4.98 Å². The Kier molecular flexibility index (Phi) is 4.88. The van der Waals surface area contributed by atoms with Crippen LogP contribution in [-0.4, -0.2) is 22.4 Å². The number of fused-ring (bicyclic) bond motifs is 1. The summed E-state index contributed by atoms with van der Waals surface area (Å²) in [7, 11) is 0. The second-order valence-electron chi connectivity index (χ2n) is 5.97. The first-order valence-electron chi connectivity index (χ1n) is 8.02. The molecule has 3 aromatic rings. The molecular weight excluding hydrogens is 343 g/mol. The molecule has 0 fully saturated rings. The minimum absolute atomic E-state index is 0.186. The fourth-order valence-electron chi connectivity index (χ4n) is 2.51.